The van der Waals surface area contributed by atoms with E-state index in [0.717, 1.165) is 22.9 Å². The van der Waals surface area contributed by atoms with Crippen LogP contribution in [0, 0.1) is 6.92 Å². The van der Waals surface area contributed by atoms with Crippen molar-refractivity contribution in [3.8, 4) is 0 Å². The van der Waals surface area contributed by atoms with E-state index in [9.17, 15) is 8.42 Å². The molecule has 0 aromatic heterocycles. The molecule has 1 unspecified atom stereocenters. The van der Waals surface area contributed by atoms with E-state index >= 15 is 0 Å². The van der Waals surface area contributed by atoms with Crippen molar-refractivity contribution >= 4 is 38.4 Å². The molecular weight excluding hydrogens is 352 g/mol. The smallest absolute Gasteiger partial charge is 0.243 e. The van der Waals surface area contributed by atoms with E-state index in [0.29, 0.717) is 18.0 Å². The molecule has 0 saturated carbocycles. The van der Waals surface area contributed by atoms with Crippen LogP contribution < -0.4 is 5.73 Å². The highest BCUT2D eigenvalue weighted by Gasteiger charge is 2.34. The molecule has 0 bridgehead atoms. The van der Waals surface area contributed by atoms with Gasteiger partial charge in [0.25, 0.3) is 0 Å². The Bertz CT molecular complexity index is 530. The molecule has 1 aromatic carbocycles. The number of sulfonamides is 1. The lowest BCUT2D eigenvalue weighted by Crippen LogP contribution is -2.39. The standard InChI is InChI=1S/C12H17BrN2O2S.ClH/c1-9-5-10(13)7-12(6-9)18(16,17)15-4-2-3-11(15)8-14;/h5-7,11H,2-4,8,14H2,1H3;1H. The molecule has 1 fully saturated rings. The van der Waals surface area contributed by atoms with Crippen molar-refractivity contribution in [1.82, 2.24) is 4.31 Å². The Balaban J connectivity index is 0.00000180. The van der Waals surface area contributed by atoms with Crippen LogP contribution in [-0.4, -0.2) is 31.9 Å². The molecule has 108 valence electrons. The van der Waals surface area contributed by atoms with Gasteiger partial charge in [0.1, 0.15) is 0 Å². The highest BCUT2D eigenvalue weighted by Crippen LogP contribution is 2.27. The minimum absolute atomic E-state index is 0. The highest BCUT2D eigenvalue weighted by molar-refractivity contribution is 9.10. The second-order valence-electron chi connectivity index (χ2n) is 4.61. The van der Waals surface area contributed by atoms with E-state index < -0.39 is 10.0 Å². The maximum atomic E-state index is 12.6. The van der Waals surface area contributed by atoms with Gasteiger partial charge in [0.05, 0.1) is 4.90 Å². The molecular formula is C12H18BrClN2O2S. The fraction of sp³-hybridized carbons (Fsp3) is 0.500. The van der Waals surface area contributed by atoms with Crippen molar-refractivity contribution in [2.45, 2.75) is 30.7 Å². The molecule has 1 aromatic rings. The molecule has 0 radical (unpaired) electrons. The monoisotopic (exact) mass is 368 g/mol. The Kier molecular flexibility index (Phi) is 5.82. The summed E-state index contributed by atoms with van der Waals surface area (Å²) in [5.74, 6) is 0. The molecule has 0 aliphatic carbocycles. The van der Waals surface area contributed by atoms with Gasteiger partial charge in [-0.05, 0) is 43.5 Å². The number of benzene rings is 1. The fourth-order valence-corrected chi connectivity index (χ4v) is 4.94. The summed E-state index contributed by atoms with van der Waals surface area (Å²) in [6, 6.07) is 5.18. The zero-order valence-electron chi connectivity index (χ0n) is 10.7. The minimum atomic E-state index is -3.42. The van der Waals surface area contributed by atoms with Crippen molar-refractivity contribution in [1.29, 1.82) is 0 Å². The van der Waals surface area contributed by atoms with Gasteiger partial charge in [0.15, 0.2) is 0 Å². The van der Waals surface area contributed by atoms with Gasteiger partial charge < -0.3 is 5.73 Å². The topological polar surface area (TPSA) is 63.4 Å². The molecule has 19 heavy (non-hydrogen) atoms. The maximum Gasteiger partial charge on any atom is 0.243 e. The van der Waals surface area contributed by atoms with Gasteiger partial charge in [-0.15, -0.1) is 12.4 Å². The Hall–Kier alpha value is -0.140. The third-order valence-electron chi connectivity index (χ3n) is 3.22. The molecule has 1 atom stereocenters. The quantitative estimate of drug-likeness (QED) is 0.889. The van der Waals surface area contributed by atoms with Gasteiger partial charge in [-0.1, -0.05) is 15.9 Å². The molecule has 1 aliphatic rings. The van der Waals surface area contributed by atoms with E-state index in [1.54, 1.807) is 12.1 Å². The van der Waals surface area contributed by atoms with Crippen molar-refractivity contribution in [3.05, 3.63) is 28.2 Å². The van der Waals surface area contributed by atoms with Crippen LogP contribution in [0.4, 0.5) is 0 Å². The first-order valence-electron chi connectivity index (χ1n) is 5.94. The van der Waals surface area contributed by atoms with Crippen LogP contribution in [-0.2, 0) is 10.0 Å². The number of aryl methyl sites for hydroxylation is 1. The first-order valence-corrected chi connectivity index (χ1v) is 8.17. The van der Waals surface area contributed by atoms with Gasteiger partial charge in [0.2, 0.25) is 10.0 Å². The lowest BCUT2D eigenvalue weighted by atomic mass is 10.2. The van der Waals surface area contributed by atoms with Crippen LogP contribution in [0.2, 0.25) is 0 Å². The summed E-state index contributed by atoms with van der Waals surface area (Å²) in [5.41, 5.74) is 6.57. The van der Waals surface area contributed by atoms with E-state index in [1.807, 2.05) is 13.0 Å². The second-order valence-corrected chi connectivity index (χ2v) is 7.42. The first kappa shape index (κ1) is 16.9. The van der Waals surface area contributed by atoms with Crippen LogP contribution in [0.3, 0.4) is 0 Å². The maximum absolute atomic E-state index is 12.6. The largest absolute Gasteiger partial charge is 0.329 e. The lowest BCUT2D eigenvalue weighted by molar-refractivity contribution is 0.393. The summed E-state index contributed by atoms with van der Waals surface area (Å²) < 4.78 is 27.4. The Morgan fingerprint density at radius 2 is 2.11 bits per heavy atom. The Labute approximate surface area is 128 Å². The zero-order chi connectivity index (χ0) is 13.3. The van der Waals surface area contributed by atoms with Crippen LogP contribution in [0.5, 0.6) is 0 Å². The summed E-state index contributed by atoms with van der Waals surface area (Å²) in [6.45, 7) is 2.83. The summed E-state index contributed by atoms with van der Waals surface area (Å²) in [4.78, 5) is 0.342. The van der Waals surface area contributed by atoms with Crippen LogP contribution in [0.25, 0.3) is 0 Å². The highest BCUT2D eigenvalue weighted by atomic mass is 79.9. The molecule has 1 saturated heterocycles. The Morgan fingerprint density at radius 3 is 2.68 bits per heavy atom. The van der Waals surface area contributed by atoms with Crippen LogP contribution in [0.1, 0.15) is 18.4 Å². The molecule has 2 rings (SSSR count). The van der Waals surface area contributed by atoms with E-state index in [1.165, 1.54) is 4.31 Å². The fourth-order valence-electron chi connectivity index (χ4n) is 2.35. The number of hydrogen-bond donors (Lipinski definition) is 1. The zero-order valence-corrected chi connectivity index (χ0v) is 13.9. The van der Waals surface area contributed by atoms with Crippen molar-refractivity contribution < 1.29 is 8.42 Å². The first-order chi connectivity index (χ1) is 8.45. The summed E-state index contributed by atoms with van der Waals surface area (Å²) in [7, 11) is -3.42. The van der Waals surface area contributed by atoms with Crippen molar-refractivity contribution in [3.63, 3.8) is 0 Å². The van der Waals surface area contributed by atoms with Gasteiger partial charge in [-0.2, -0.15) is 4.31 Å². The molecule has 1 heterocycles. The lowest BCUT2D eigenvalue weighted by Gasteiger charge is -2.23. The van der Waals surface area contributed by atoms with Gasteiger partial charge in [-0.3, -0.25) is 0 Å². The van der Waals surface area contributed by atoms with E-state index in [4.69, 9.17) is 5.73 Å². The number of rotatable bonds is 3. The molecule has 1 aliphatic heterocycles. The number of nitrogens with two attached hydrogens (primary N) is 1. The molecule has 2 N–H and O–H groups in total. The summed E-state index contributed by atoms with van der Waals surface area (Å²) >= 11 is 3.34. The summed E-state index contributed by atoms with van der Waals surface area (Å²) in [5, 5.41) is 0. The van der Waals surface area contributed by atoms with Crippen molar-refractivity contribution in [2.24, 2.45) is 5.73 Å². The van der Waals surface area contributed by atoms with Gasteiger partial charge >= 0.3 is 0 Å². The SMILES string of the molecule is Cc1cc(Br)cc(S(=O)(=O)N2CCCC2CN)c1.Cl. The average Bonchev–Trinajstić information content (AvgIpc) is 2.76. The van der Waals surface area contributed by atoms with Gasteiger partial charge in [0, 0.05) is 23.6 Å². The number of hydrogen-bond acceptors (Lipinski definition) is 3. The van der Waals surface area contributed by atoms with Gasteiger partial charge in [-0.25, -0.2) is 8.42 Å². The van der Waals surface area contributed by atoms with Crippen molar-refractivity contribution in [2.75, 3.05) is 13.1 Å². The molecule has 0 spiro atoms. The van der Waals surface area contributed by atoms with E-state index in [-0.39, 0.29) is 18.4 Å². The normalized spacial score (nSPS) is 20.3. The Morgan fingerprint density at radius 1 is 1.42 bits per heavy atom. The number of nitrogens with zero attached hydrogens (tertiary/aromatic N) is 1. The number of halogens is 2. The average molecular weight is 370 g/mol. The van der Waals surface area contributed by atoms with Crippen LogP contribution >= 0.6 is 28.3 Å². The predicted octanol–water partition coefficient (Wildman–Crippen LogP) is 2.29. The summed E-state index contributed by atoms with van der Waals surface area (Å²) in [6.07, 6.45) is 1.73. The molecule has 7 heteroatoms. The molecule has 0 amide bonds. The van der Waals surface area contributed by atoms with Crippen LogP contribution in [0.15, 0.2) is 27.6 Å². The predicted molar refractivity (Wildman–Crippen MR) is 82.1 cm³/mol. The third-order valence-corrected chi connectivity index (χ3v) is 5.60. The van der Waals surface area contributed by atoms with E-state index in [2.05, 4.69) is 15.9 Å². The molecule has 4 nitrogen and oxygen atoms in total. The third kappa shape index (κ3) is 3.49. The minimum Gasteiger partial charge on any atom is -0.329 e. The second kappa shape index (κ2) is 6.54.